The SMILES string of the molecule is CNS(=O)(=O)c1ccccc1NCc1ccc(C)c(F)c1. The van der Waals surface area contributed by atoms with Gasteiger partial charge in [-0.1, -0.05) is 24.3 Å². The van der Waals surface area contributed by atoms with Gasteiger partial charge in [0.2, 0.25) is 10.0 Å². The fraction of sp³-hybridized carbons (Fsp3) is 0.200. The minimum atomic E-state index is -3.53. The van der Waals surface area contributed by atoms with Crippen LogP contribution in [0.3, 0.4) is 0 Å². The predicted octanol–water partition coefficient (Wildman–Crippen LogP) is 2.65. The first-order valence-electron chi connectivity index (χ1n) is 6.45. The van der Waals surface area contributed by atoms with Crippen LogP contribution in [0.4, 0.5) is 10.1 Å². The van der Waals surface area contributed by atoms with Crippen LogP contribution in [-0.4, -0.2) is 15.5 Å². The number of hydrogen-bond acceptors (Lipinski definition) is 3. The van der Waals surface area contributed by atoms with Crippen molar-refractivity contribution >= 4 is 15.7 Å². The average molecular weight is 308 g/mol. The van der Waals surface area contributed by atoms with Gasteiger partial charge in [-0.05, 0) is 43.3 Å². The molecule has 0 aromatic heterocycles. The van der Waals surface area contributed by atoms with E-state index in [1.54, 1.807) is 37.3 Å². The Kier molecular flexibility index (Phi) is 4.59. The molecule has 0 aliphatic heterocycles. The Morgan fingerprint density at radius 2 is 1.86 bits per heavy atom. The lowest BCUT2D eigenvalue weighted by Gasteiger charge is -2.12. The molecule has 0 radical (unpaired) electrons. The van der Waals surface area contributed by atoms with Crippen molar-refractivity contribution in [2.45, 2.75) is 18.4 Å². The second-order valence-corrected chi connectivity index (χ2v) is 6.50. The number of aryl methyl sites for hydroxylation is 1. The first-order valence-corrected chi connectivity index (χ1v) is 7.94. The average Bonchev–Trinajstić information content (AvgIpc) is 2.49. The van der Waals surface area contributed by atoms with Crippen molar-refractivity contribution < 1.29 is 12.8 Å². The van der Waals surface area contributed by atoms with Gasteiger partial charge in [0, 0.05) is 6.54 Å². The van der Waals surface area contributed by atoms with Gasteiger partial charge >= 0.3 is 0 Å². The molecule has 21 heavy (non-hydrogen) atoms. The molecule has 2 N–H and O–H groups in total. The van der Waals surface area contributed by atoms with E-state index in [1.165, 1.54) is 19.2 Å². The van der Waals surface area contributed by atoms with Crippen LogP contribution in [0.5, 0.6) is 0 Å². The Balaban J connectivity index is 2.23. The van der Waals surface area contributed by atoms with E-state index >= 15 is 0 Å². The van der Waals surface area contributed by atoms with Gasteiger partial charge in [-0.15, -0.1) is 0 Å². The summed E-state index contributed by atoms with van der Waals surface area (Å²) in [5, 5.41) is 3.03. The van der Waals surface area contributed by atoms with Gasteiger partial charge in [0.05, 0.1) is 5.69 Å². The van der Waals surface area contributed by atoms with Gasteiger partial charge in [0.15, 0.2) is 0 Å². The smallest absolute Gasteiger partial charge is 0.242 e. The van der Waals surface area contributed by atoms with Crippen LogP contribution < -0.4 is 10.0 Å². The van der Waals surface area contributed by atoms with Crippen LogP contribution in [-0.2, 0) is 16.6 Å². The fourth-order valence-electron chi connectivity index (χ4n) is 1.90. The molecule has 112 valence electrons. The highest BCUT2D eigenvalue weighted by Crippen LogP contribution is 2.21. The molecule has 0 atom stereocenters. The number of para-hydroxylation sites is 1. The minimum absolute atomic E-state index is 0.167. The van der Waals surface area contributed by atoms with E-state index in [0.29, 0.717) is 17.8 Å². The molecule has 6 heteroatoms. The molecule has 0 aliphatic rings. The maximum atomic E-state index is 13.5. The van der Waals surface area contributed by atoms with E-state index in [0.717, 1.165) is 5.56 Å². The summed E-state index contributed by atoms with van der Waals surface area (Å²) in [5.74, 6) is -0.273. The molecule has 0 saturated carbocycles. The summed E-state index contributed by atoms with van der Waals surface area (Å²) in [4.78, 5) is 0.167. The molecule has 0 bridgehead atoms. The van der Waals surface area contributed by atoms with Crippen molar-refractivity contribution in [2.24, 2.45) is 0 Å². The van der Waals surface area contributed by atoms with Crippen LogP contribution in [0.2, 0.25) is 0 Å². The van der Waals surface area contributed by atoms with Crippen molar-refractivity contribution in [1.29, 1.82) is 0 Å². The Bertz CT molecular complexity index is 745. The van der Waals surface area contributed by atoms with Gasteiger partial charge in [-0.2, -0.15) is 0 Å². The van der Waals surface area contributed by atoms with Crippen molar-refractivity contribution in [3.05, 3.63) is 59.4 Å². The Morgan fingerprint density at radius 3 is 2.52 bits per heavy atom. The van der Waals surface area contributed by atoms with Crippen molar-refractivity contribution in [3.63, 3.8) is 0 Å². The fourth-order valence-corrected chi connectivity index (χ4v) is 2.81. The summed E-state index contributed by atoms with van der Waals surface area (Å²) in [6, 6.07) is 11.5. The third-order valence-corrected chi connectivity index (χ3v) is 4.64. The largest absolute Gasteiger partial charge is 0.380 e. The summed E-state index contributed by atoms with van der Waals surface area (Å²) < 4.78 is 39.6. The molecule has 2 rings (SSSR count). The summed E-state index contributed by atoms with van der Waals surface area (Å²) in [6.45, 7) is 2.04. The Labute approximate surface area is 124 Å². The maximum absolute atomic E-state index is 13.5. The third-order valence-electron chi connectivity index (χ3n) is 3.16. The summed E-state index contributed by atoms with van der Waals surface area (Å²) in [6.07, 6.45) is 0. The molecule has 0 saturated heterocycles. The van der Waals surface area contributed by atoms with Crippen LogP contribution >= 0.6 is 0 Å². The molecule has 0 spiro atoms. The number of benzene rings is 2. The quantitative estimate of drug-likeness (QED) is 0.893. The number of hydrogen-bond donors (Lipinski definition) is 2. The number of sulfonamides is 1. The van der Waals surface area contributed by atoms with E-state index in [9.17, 15) is 12.8 Å². The molecular formula is C15H17FN2O2S. The van der Waals surface area contributed by atoms with Gasteiger partial charge in [-0.25, -0.2) is 17.5 Å². The number of rotatable bonds is 5. The summed E-state index contributed by atoms with van der Waals surface area (Å²) >= 11 is 0. The first-order chi connectivity index (χ1) is 9.94. The lowest BCUT2D eigenvalue weighted by Crippen LogP contribution is -2.20. The highest BCUT2D eigenvalue weighted by atomic mass is 32.2. The van der Waals surface area contributed by atoms with Crippen LogP contribution in [0, 0.1) is 12.7 Å². The van der Waals surface area contributed by atoms with E-state index in [-0.39, 0.29) is 10.7 Å². The molecule has 4 nitrogen and oxygen atoms in total. The van der Waals surface area contributed by atoms with Gasteiger partial charge in [-0.3, -0.25) is 0 Å². The molecule has 0 heterocycles. The molecule has 0 unspecified atom stereocenters. The molecular weight excluding hydrogens is 291 g/mol. The van der Waals surface area contributed by atoms with E-state index in [2.05, 4.69) is 10.0 Å². The molecule has 0 fully saturated rings. The maximum Gasteiger partial charge on any atom is 0.242 e. The zero-order chi connectivity index (χ0) is 15.5. The number of nitrogens with one attached hydrogen (secondary N) is 2. The summed E-state index contributed by atoms with van der Waals surface area (Å²) in [5.41, 5.74) is 1.81. The number of anilines is 1. The highest BCUT2D eigenvalue weighted by Gasteiger charge is 2.15. The van der Waals surface area contributed by atoms with E-state index in [4.69, 9.17) is 0 Å². The van der Waals surface area contributed by atoms with Gasteiger partial charge in [0.1, 0.15) is 10.7 Å². The molecule has 0 aliphatic carbocycles. The lowest BCUT2D eigenvalue weighted by molar-refractivity contribution is 0.588. The van der Waals surface area contributed by atoms with E-state index in [1.807, 2.05) is 0 Å². The molecule has 2 aromatic rings. The second kappa shape index (κ2) is 6.24. The predicted molar refractivity (Wildman–Crippen MR) is 81.2 cm³/mol. The van der Waals surface area contributed by atoms with Gasteiger partial charge < -0.3 is 5.32 Å². The molecule has 2 aromatic carbocycles. The second-order valence-electron chi connectivity index (χ2n) is 4.64. The van der Waals surface area contributed by atoms with Crippen molar-refractivity contribution in [2.75, 3.05) is 12.4 Å². The Hall–Kier alpha value is -1.92. The zero-order valence-electron chi connectivity index (χ0n) is 11.9. The van der Waals surface area contributed by atoms with Gasteiger partial charge in [0.25, 0.3) is 0 Å². The lowest BCUT2D eigenvalue weighted by atomic mass is 10.1. The third kappa shape index (κ3) is 3.59. The topological polar surface area (TPSA) is 58.2 Å². The van der Waals surface area contributed by atoms with Crippen LogP contribution in [0.1, 0.15) is 11.1 Å². The minimum Gasteiger partial charge on any atom is -0.380 e. The summed E-state index contributed by atoms with van der Waals surface area (Å²) in [7, 11) is -2.17. The zero-order valence-corrected chi connectivity index (χ0v) is 12.7. The van der Waals surface area contributed by atoms with Crippen molar-refractivity contribution in [3.8, 4) is 0 Å². The standard InChI is InChI=1S/C15H17FN2O2S/c1-11-7-8-12(9-13(11)16)10-18-14-5-3-4-6-15(14)21(19,20)17-2/h3-9,17-18H,10H2,1-2H3. The molecule has 0 amide bonds. The number of halogens is 1. The Morgan fingerprint density at radius 1 is 1.14 bits per heavy atom. The van der Waals surface area contributed by atoms with Crippen LogP contribution in [0.25, 0.3) is 0 Å². The normalized spacial score (nSPS) is 11.4. The first kappa shape index (κ1) is 15.5. The van der Waals surface area contributed by atoms with Crippen LogP contribution in [0.15, 0.2) is 47.4 Å². The van der Waals surface area contributed by atoms with Crippen molar-refractivity contribution in [1.82, 2.24) is 4.72 Å². The van der Waals surface area contributed by atoms with E-state index < -0.39 is 10.0 Å². The highest BCUT2D eigenvalue weighted by molar-refractivity contribution is 7.89. The monoisotopic (exact) mass is 308 g/mol.